The molecular formula is C34H67N5O6. The summed E-state index contributed by atoms with van der Waals surface area (Å²) in [7, 11) is 3.68. The molecule has 0 saturated carbocycles. The molecule has 5 N–H and O–H groups in total. The third-order valence-electron chi connectivity index (χ3n) is 8.67. The lowest BCUT2D eigenvalue weighted by molar-refractivity contribution is -0.140. The van der Waals surface area contributed by atoms with E-state index in [2.05, 4.69) is 40.4 Å². The Kier molecular flexibility index (Phi) is 19.7. The first-order valence-corrected chi connectivity index (χ1v) is 16.4. The van der Waals surface area contributed by atoms with Gasteiger partial charge in [-0.05, 0) is 110 Å². The van der Waals surface area contributed by atoms with E-state index in [0.29, 0.717) is 18.0 Å². The van der Waals surface area contributed by atoms with Crippen LogP contribution in [0.25, 0.3) is 0 Å². The van der Waals surface area contributed by atoms with E-state index in [0.717, 1.165) is 19.3 Å². The Morgan fingerprint density at radius 2 is 1.47 bits per heavy atom. The highest BCUT2D eigenvalue weighted by atomic mass is 16.6. The molecule has 2 aliphatic rings. The Morgan fingerprint density at radius 1 is 0.933 bits per heavy atom. The predicted molar refractivity (Wildman–Crippen MR) is 182 cm³/mol. The molecule has 0 spiro atoms. The molecule has 0 radical (unpaired) electrons. The molecule has 2 unspecified atom stereocenters. The zero-order chi connectivity index (χ0) is 35.9. The maximum atomic E-state index is 11.6. The molecule has 2 heterocycles. The van der Waals surface area contributed by atoms with Crippen LogP contribution < -0.4 is 26.6 Å². The number of rotatable bonds is 11. The summed E-state index contributed by atoms with van der Waals surface area (Å²) in [5.74, 6) is 1.18. The quantitative estimate of drug-likeness (QED) is 0.208. The smallest absolute Gasteiger partial charge is 0.407 e. The van der Waals surface area contributed by atoms with Crippen LogP contribution in [0.5, 0.6) is 0 Å². The molecule has 2 fully saturated rings. The second-order valence-electron chi connectivity index (χ2n) is 14.2. The van der Waals surface area contributed by atoms with Crippen molar-refractivity contribution in [2.75, 3.05) is 20.6 Å². The van der Waals surface area contributed by atoms with E-state index in [-0.39, 0.29) is 58.8 Å². The lowest BCUT2D eigenvalue weighted by Gasteiger charge is -2.43. The van der Waals surface area contributed by atoms with E-state index < -0.39 is 11.7 Å². The van der Waals surface area contributed by atoms with Gasteiger partial charge in [0, 0.05) is 35.6 Å². The third kappa shape index (κ3) is 16.0. The van der Waals surface area contributed by atoms with Gasteiger partial charge < -0.3 is 31.3 Å². The summed E-state index contributed by atoms with van der Waals surface area (Å²) in [6.45, 7) is 27.0. The normalized spacial score (nSPS) is 21.8. The van der Waals surface area contributed by atoms with Crippen LogP contribution in [0.4, 0.5) is 4.79 Å². The summed E-state index contributed by atoms with van der Waals surface area (Å²) in [5.41, 5.74) is -0.846. The van der Waals surface area contributed by atoms with Crippen molar-refractivity contribution < 1.29 is 28.7 Å². The van der Waals surface area contributed by atoms with Crippen molar-refractivity contribution >= 4 is 29.5 Å². The van der Waals surface area contributed by atoms with Crippen LogP contribution in [-0.2, 0) is 23.9 Å². The van der Waals surface area contributed by atoms with Gasteiger partial charge in [-0.25, -0.2) is 4.79 Å². The topological polar surface area (TPSA) is 155 Å². The lowest BCUT2D eigenvalue weighted by atomic mass is 9.77. The van der Waals surface area contributed by atoms with Crippen LogP contribution in [0.3, 0.4) is 0 Å². The Morgan fingerprint density at radius 3 is 1.67 bits per heavy atom. The number of hydrogen-bond acceptors (Lipinski definition) is 8. The fourth-order valence-electron chi connectivity index (χ4n) is 5.31. The standard InChI is InChI=1S/C13H26N2O3.C8H17NO.C7H13NO.C6H11NO/c1-9(16)10(13(5,6)14-7)8-15-11(17)18-12(2,3)4;1-5-8(7(3)10)6(2)9-4;1-4-5-6(9)8-7(5,2)3;1-3-5-4(2)7-6(5)8/h10,14H,8H2,1-7H3,(H,15,17);6,8-9H,5H2,1-4H3;5H,4H2,1-3H3,(H,8,9);4-5H,3H2,1-2H3,(H,7,8)/t;6-,8-;;4-,5-/m.0.0/s1. The maximum Gasteiger partial charge on any atom is 0.407 e. The van der Waals surface area contributed by atoms with E-state index in [1.54, 1.807) is 34.7 Å². The Labute approximate surface area is 273 Å². The van der Waals surface area contributed by atoms with Gasteiger partial charge in [0.2, 0.25) is 11.8 Å². The monoisotopic (exact) mass is 642 g/mol. The number of ketones is 2. The van der Waals surface area contributed by atoms with Crippen LogP contribution in [0.1, 0.15) is 116 Å². The summed E-state index contributed by atoms with van der Waals surface area (Å²) in [4.78, 5) is 55.4. The first kappa shape index (κ1) is 44.6. The van der Waals surface area contributed by atoms with Gasteiger partial charge in [0.25, 0.3) is 0 Å². The average Bonchev–Trinajstić information content (AvgIpc) is 2.88. The molecule has 3 amide bonds. The summed E-state index contributed by atoms with van der Waals surface area (Å²) < 4.78 is 5.13. The number of carbonyl (C=O) groups excluding carboxylic acids is 5. The molecule has 11 nitrogen and oxygen atoms in total. The van der Waals surface area contributed by atoms with Crippen molar-refractivity contribution in [3.63, 3.8) is 0 Å². The molecule has 45 heavy (non-hydrogen) atoms. The van der Waals surface area contributed by atoms with E-state index in [1.165, 1.54) is 6.92 Å². The molecule has 2 rings (SSSR count). The molecule has 6 atom stereocenters. The maximum absolute atomic E-state index is 11.6. The van der Waals surface area contributed by atoms with Crippen molar-refractivity contribution in [1.29, 1.82) is 0 Å². The summed E-state index contributed by atoms with van der Waals surface area (Å²) in [5, 5.41) is 14.4. The summed E-state index contributed by atoms with van der Waals surface area (Å²) in [6, 6.07) is 0.731. The minimum atomic E-state index is -0.533. The van der Waals surface area contributed by atoms with Crippen molar-refractivity contribution in [3.05, 3.63) is 0 Å². The van der Waals surface area contributed by atoms with Gasteiger partial charge in [0.15, 0.2) is 0 Å². The van der Waals surface area contributed by atoms with Gasteiger partial charge in [-0.3, -0.25) is 19.2 Å². The Hall–Kier alpha value is -2.53. The van der Waals surface area contributed by atoms with Gasteiger partial charge in [-0.2, -0.15) is 0 Å². The van der Waals surface area contributed by atoms with Gasteiger partial charge in [0.05, 0.1) is 17.8 Å². The summed E-state index contributed by atoms with van der Waals surface area (Å²) in [6.07, 6.45) is 2.36. The second-order valence-corrected chi connectivity index (χ2v) is 14.2. The number of alkyl carbamates (subject to hydrolysis) is 1. The largest absolute Gasteiger partial charge is 0.444 e. The minimum absolute atomic E-state index is 0.0328. The van der Waals surface area contributed by atoms with E-state index >= 15 is 0 Å². The number of carbonyl (C=O) groups is 5. The highest BCUT2D eigenvalue weighted by Crippen LogP contribution is 2.28. The van der Waals surface area contributed by atoms with Gasteiger partial charge in [0.1, 0.15) is 17.2 Å². The zero-order valence-electron chi connectivity index (χ0n) is 31.2. The van der Waals surface area contributed by atoms with Crippen LogP contribution in [0.2, 0.25) is 0 Å². The molecule has 0 aromatic rings. The van der Waals surface area contributed by atoms with Gasteiger partial charge in [-0.1, -0.05) is 20.8 Å². The molecule has 264 valence electrons. The number of Topliss-reactive ketones (excluding diaryl/α,β-unsaturated/α-hetero) is 2. The molecular weight excluding hydrogens is 574 g/mol. The highest BCUT2D eigenvalue weighted by Gasteiger charge is 2.44. The van der Waals surface area contributed by atoms with Gasteiger partial charge >= 0.3 is 6.09 Å². The number of ether oxygens (including phenoxy) is 1. The molecule has 11 heteroatoms. The van der Waals surface area contributed by atoms with E-state index in [1.807, 2.05) is 55.5 Å². The summed E-state index contributed by atoms with van der Waals surface area (Å²) >= 11 is 0. The number of β-lactam (4-membered cyclic amide) rings is 2. The molecule has 0 bridgehead atoms. The zero-order valence-corrected chi connectivity index (χ0v) is 31.2. The lowest BCUT2D eigenvalue weighted by Crippen LogP contribution is -2.65. The van der Waals surface area contributed by atoms with E-state index in [9.17, 15) is 24.0 Å². The third-order valence-corrected chi connectivity index (χ3v) is 8.67. The van der Waals surface area contributed by atoms with Crippen molar-refractivity contribution in [2.24, 2.45) is 23.7 Å². The highest BCUT2D eigenvalue weighted by molar-refractivity contribution is 5.87. The molecule has 0 aliphatic carbocycles. The fourth-order valence-corrected chi connectivity index (χ4v) is 5.31. The molecule has 2 saturated heterocycles. The van der Waals surface area contributed by atoms with E-state index in [4.69, 9.17) is 4.74 Å². The minimum Gasteiger partial charge on any atom is -0.444 e. The number of amides is 3. The van der Waals surface area contributed by atoms with Gasteiger partial charge in [-0.15, -0.1) is 0 Å². The first-order chi connectivity index (χ1) is 20.5. The second kappa shape index (κ2) is 19.9. The van der Waals surface area contributed by atoms with Crippen LogP contribution in [-0.4, -0.2) is 78.9 Å². The molecule has 0 aromatic carbocycles. The average molecular weight is 642 g/mol. The van der Waals surface area contributed by atoms with Crippen LogP contribution in [0.15, 0.2) is 0 Å². The predicted octanol–water partition coefficient (Wildman–Crippen LogP) is 4.38. The molecule has 0 aromatic heterocycles. The first-order valence-electron chi connectivity index (χ1n) is 16.4. The molecule has 2 aliphatic heterocycles. The Balaban J connectivity index is 0. The Bertz CT molecular complexity index is 959. The van der Waals surface area contributed by atoms with Crippen LogP contribution >= 0.6 is 0 Å². The number of nitrogens with one attached hydrogen (secondary N) is 5. The SMILES string of the molecule is CCC1C(=O)NC1(C)C.CC[C@@H]1C(=O)N[C@H]1C.CC[C@H](C(C)=O)[C@H](C)NC.CNC(C)(C)C(CNC(=O)OC(C)(C)C)C(C)=O. The van der Waals surface area contributed by atoms with Crippen molar-refractivity contribution in [3.8, 4) is 0 Å². The van der Waals surface area contributed by atoms with Crippen molar-refractivity contribution in [2.45, 2.75) is 145 Å². The number of hydrogen-bond donors (Lipinski definition) is 5. The fraction of sp³-hybridized carbons (Fsp3) is 0.853. The van der Waals surface area contributed by atoms with Crippen molar-refractivity contribution in [1.82, 2.24) is 26.6 Å². The van der Waals surface area contributed by atoms with Crippen LogP contribution in [0, 0.1) is 23.7 Å².